The van der Waals surface area contributed by atoms with Gasteiger partial charge in [0.1, 0.15) is 18.0 Å². The summed E-state index contributed by atoms with van der Waals surface area (Å²) in [6.07, 6.45) is 1.93. The molecule has 0 radical (unpaired) electrons. The summed E-state index contributed by atoms with van der Waals surface area (Å²) in [6, 6.07) is 18.3. The number of benzene rings is 2. The molecule has 1 heterocycles. The summed E-state index contributed by atoms with van der Waals surface area (Å²) < 4.78 is 12.3. The van der Waals surface area contributed by atoms with E-state index in [0.717, 1.165) is 18.4 Å². The molecule has 1 aliphatic heterocycles. The van der Waals surface area contributed by atoms with E-state index in [1.807, 2.05) is 42.5 Å². The van der Waals surface area contributed by atoms with Crippen LogP contribution in [0, 0.1) is 0 Å². The van der Waals surface area contributed by atoms with Crippen molar-refractivity contribution in [2.24, 2.45) is 0 Å². The maximum atomic E-state index is 6.23. The number of para-hydroxylation sites is 1. The molecule has 3 rings (SSSR count). The quantitative estimate of drug-likeness (QED) is 0.903. The van der Waals surface area contributed by atoms with Gasteiger partial charge in [0, 0.05) is 6.04 Å². The largest absolute Gasteiger partial charge is 0.489 e. The lowest BCUT2D eigenvalue weighted by Crippen LogP contribution is -2.37. The fourth-order valence-electron chi connectivity index (χ4n) is 2.87. The lowest BCUT2D eigenvalue weighted by molar-refractivity contribution is -0.0814. The molecule has 3 nitrogen and oxygen atoms in total. The van der Waals surface area contributed by atoms with Gasteiger partial charge in [0.2, 0.25) is 0 Å². The molecule has 1 saturated heterocycles. The Labute approximate surface area is 142 Å². The van der Waals surface area contributed by atoms with E-state index in [0.29, 0.717) is 30.2 Å². The molecule has 2 unspecified atom stereocenters. The first-order valence-corrected chi connectivity index (χ1v) is 8.38. The van der Waals surface area contributed by atoms with Crippen LogP contribution in [0.3, 0.4) is 0 Å². The van der Waals surface area contributed by atoms with E-state index in [2.05, 4.69) is 24.4 Å². The van der Waals surface area contributed by atoms with Crippen molar-refractivity contribution in [3.05, 3.63) is 65.2 Å². The van der Waals surface area contributed by atoms with Crippen LogP contribution in [-0.4, -0.2) is 19.4 Å². The molecule has 0 aromatic heterocycles. The van der Waals surface area contributed by atoms with Crippen LogP contribution in [0.1, 0.15) is 25.3 Å². The Morgan fingerprint density at radius 1 is 1.17 bits per heavy atom. The first kappa shape index (κ1) is 16.3. The number of rotatable bonds is 4. The van der Waals surface area contributed by atoms with Crippen LogP contribution < -0.4 is 10.1 Å². The molecule has 0 aliphatic carbocycles. The Morgan fingerprint density at radius 3 is 2.70 bits per heavy atom. The number of halogens is 1. The van der Waals surface area contributed by atoms with Crippen LogP contribution in [0.15, 0.2) is 54.6 Å². The normalized spacial score (nSPS) is 24.9. The third-order valence-electron chi connectivity index (χ3n) is 4.36. The Kier molecular flexibility index (Phi) is 5.21. The summed E-state index contributed by atoms with van der Waals surface area (Å²) >= 11 is 6.21. The maximum absolute atomic E-state index is 6.23. The van der Waals surface area contributed by atoms with Gasteiger partial charge in [-0.25, -0.2) is 0 Å². The van der Waals surface area contributed by atoms with E-state index in [1.165, 1.54) is 0 Å². The van der Waals surface area contributed by atoms with Gasteiger partial charge in [0.25, 0.3) is 0 Å². The SMILES string of the molecule is CC1CCC(COc2ccccc2Cl)(c2ccccc2)OCN1. The van der Waals surface area contributed by atoms with Gasteiger partial charge in [0.05, 0.1) is 11.8 Å². The smallest absolute Gasteiger partial charge is 0.138 e. The highest BCUT2D eigenvalue weighted by Crippen LogP contribution is 2.35. The van der Waals surface area contributed by atoms with Gasteiger partial charge in [-0.15, -0.1) is 0 Å². The number of ether oxygens (including phenoxy) is 2. The van der Waals surface area contributed by atoms with Crippen LogP contribution in [-0.2, 0) is 10.3 Å². The molecule has 0 spiro atoms. The van der Waals surface area contributed by atoms with Crippen molar-refractivity contribution in [3.8, 4) is 5.75 Å². The molecule has 23 heavy (non-hydrogen) atoms. The average Bonchev–Trinajstić information content (AvgIpc) is 2.78. The van der Waals surface area contributed by atoms with Crippen molar-refractivity contribution < 1.29 is 9.47 Å². The minimum Gasteiger partial charge on any atom is -0.489 e. The van der Waals surface area contributed by atoms with Crippen molar-refractivity contribution in [1.82, 2.24) is 5.32 Å². The molecule has 4 heteroatoms. The summed E-state index contributed by atoms with van der Waals surface area (Å²) in [5.41, 5.74) is 0.681. The van der Waals surface area contributed by atoms with Crippen LogP contribution >= 0.6 is 11.6 Å². The lowest BCUT2D eigenvalue weighted by Gasteiger charge is -2.33. The molecule has 1 N–H and O–H groups in total. The van der Waals surface area contributed by atoms with Crippen LogP contribution in [0.4, 0.5) is 0 Å². The second-order valence-electron chi connectivity index (χ2n) is 6.01. The van der Waals surface area contributed by atoms with Crippen molar-refractivity contribution in [1.29, 1.82) is 0 Å². The predicted octanol–water partition coefficient (Wildman–Crippen LogP) is 4.36. The second-order valence-corrected chi connectivity index (χ2v) is 6.42. The molecule has 2 aromatic rings. The van der Waals surface area contributed by atoms with E-state index in [-0.39, 0.29) is 0 Å². The summed E-state index contributed by atoms with van der Waals surface area (Å²) in [7, 11) is 0. The van der Waals surface area contributed by atoms with E-state index in [9.17, 15) is 0 Å². The number of nitrogens with one attached hydrogen (secondary N) is 1. The zero-order chi connectivity index (χ0) is 16.1. The standard InChI is InChI=1S/C19H22ClNO2/c1-15-11-12-19(23-14-21-15,16-7-3-2-4-8-16)13-22-18-10-6-5-9-17(18)20/h2-10,15,21H,11-14H2,1H3. The van der Waals surface area contributed by atoms with Gasteiger partial charge >= 0.3 is 0 Å². The Bertz CT molecular complexity index is 634. The summed E-state index contributed by atoms with van der Waals surface area (Å²) in [5.74, 6) is 0.693. The van der Waals surface area contributed by atoms with Gasteiger partial charge < -0.3 is 9.47 Å². The molecular weight excluding hydrogens is 310 g/mol. The van der Waals surface area contributed by atoms with Crippen molar-refractivity contribution in [2.45, 2.75) is 31.4 Å². The fraction of sp³-hybridized carbons (Fsp3) is 0.368. The van der Waals surface area contributed by atoms with E-state index >= 15 is 0 Å². The minimum atomic E-state index is -0.460. The zero-order valence-corrected chi connectivity index (χ0v) is 14.1. The molecule has 1 fully saturated rings. The van der Waals surface area contributed by atoms with Gasteiger partial charge in [-0.3, -0.25) is 5.32 Å². The van der Waals surface area contributed by atoms with Gasteiger partial charge in [-0.05, 0) is 37.5 Å². The number of hydrogen-bond donors (Lipinski definition) is 1. The molecule has 122 valence electrons. The van der Waals surface area contributed by atoms with E-state index < -0.39 is 5.60 Å². The van der Waals surface area contributed by atoms with Gasteiger partial charge in [-0.1, -0.05) is 54.1 Å². The first-order chi connectivity index (χ1) is 11.2. The number of hydrogen-bond acceptors (Lipinski definition) is 3. The van der Waals surface area contributed by atoms with Crippen molar-refractivity contribution in [2.75, 3.05) is 13.3 Å². The lowest BCUT2D eigenvalue weighted by atomic mass is 9.88. The highest BCUT2D eigenvalue weighted by Gasteiger charge is 2.36. The Hall–Kier alpha value is -1.55. The highest BCUT2D eigenvalue weighted by atomic mass is 35.5. The molecule has 0 saturated carbocycles. The molecule has 0 bridgehead atoms. The van der Waals surface area contributed by atoms with Crippen molar-refractivity contribution >= 4 is 11.6 Å². The average molecular weight is 332 g/mol. The van der Waals surface area contributed by atoms with Gasteiger partial charge in [-0.2, -0.15) is 0 Å². The molecular formula is C19H22ClNO2. The van der Waals surface area contributed by atoms with Crippen LogP contribution in [0.2, 0.25) is 5.02 Å². The third kappa shape index (κ3) is 3.86. The van der Waals surface area contributed by atoms with Gasteiger partial charge in [0.15, 0.2) is 0 Å². The van der Waals surface area contributed by atoms with E-state index in [1.54, 1.807) is 0 Å². The minimum absolute atomic E-state index is 0.431. The summed E-state index contributed by atoms with van der Waals surface area (Å²) in [4.78, 5) is 0. The maximum Gasteiger partial charge on any atom is 0.138 e. The van der Waals surface area contributed by atoms with Crippen molar-refractivity contribution in [3.63, 3.8) is 0 Å². The molecule has 2 aromatic carbocycles. The summed E-state index contributed by atoms with van der Waals surface area (Å²) in [6.45, 7) is 3.14. The fourth-order valence-corrected chi connectivity index (χ4v) is 3.06. The molecule has 0 amide bonds. The Morgan fingerprint density at radius 2 is 1.91 bits per heavy atom. The predicted molar refractivity (Wildman–Crippen MR) is 92.9 cm³/mol. The molecule has 1 aliphatic rings. The first-order valence-electron chi connectivity index (χ1n) is 8.00. The van der Waals surface area contributed by atoms with Crippen LogP contribution in [0.25, 0.3) is 0 Å². The van der Waals surface area contributed by atoms with Crippen LogP contribution in [0.5, 0.6) is 5.75 Å². The second kappa shape index (κ2) is 7.35. The monoisotopic (exact) mass is 331 g/mol. The summed E-state index contributed by atoms with van der Waals surface area (Å²) in [5, 5.41) is 4.00. The Balaban J connectivity index is 1.85. The van der Waals surface area contributed by atoms with E-state index in [4.69, 9.17) is 21.1 Å². The highest BCUT2D eigenvalue weighted by molar-refractivity contribution is 6.32. The third-order valence-corrected chi connectivity index (χ3v) is 4.67. The molecule has 2 atom stereocenters. The zero-order valence-electron chi connectivity index (χ0n) is 13.3. The topological polar surface area (TPSA) is 30.5 Å².